The minimum atomic E-state index is 0.171. The van der Waals surface area contributed by atoms with Crippen LogP contribution in [0.5, 0.6) is 5.75 Å². The lowest BCUT2D eigenvalue weighted by Crippen LogP contribution is -2.01. The van der Waals surface area contributed by atoms with E-state index in [0.717, 1.165) is 5.69 Å². The van der Waals surface area contributed by atoms with Crippen LogP contribution in [0.1, 0.15) is 23.4 Å². The maximum absolute atomic E-state index is 10.6. The Kier molecular flexibility index (Phi) is 2.68. The summed E-state index contributed by atoms with van der Waals surface area (Å²) in [7, 11) is 0. The fraction of sp³-hybridized carbons (Fsp3) is 0.182. The number of phenols is 1. The second-order valence-corrected chi connectivity index (χ2v) is 3.29. The van der Waals surface area contributed by atoms with Crippen LogP contribution in [0.25, 0.3) is 5.69 Å². The summed E-state index contributed by atoms with van der Waals surface area (Å²) in [6, 6.07) is 6.57. The lowest BCUT2D eigenvalue weighted by atomic mass is 10.3. The topological polar surface area (TPSA) is 68.0 Å². The number of aldehydes is 1. The molecule has 1 N–H and O–H groups in total. The average molecular weight is 217 g/mol. The molecule has 2 aromatic rings. The van der Waals surface area contributed by atoms with Gasteiger partial charge in [0, 0.05) is 6.42 Å². The molecule has 0 spiro atoms. The van der Waals surface area contributed by atoms with Crippen molar-refractivity contribution in [2.75, 3.05) is 0 Å². The van der Waals surface area contributed by atoms with Crippen molar-refractivity contribution in [3.05, 3.63) is 35.9 Å². The van der Waals surface area contributed by atoms with E-state index in [1.54, 1.807) is 28.9 Å². The maximum Gasteiger partial charge on any atom is 0.214 e. The van der Waals surface area contributed by atoms with Crippen molar-refractivity contribution in [1.29, 1.82) is 0 Å². The van der Waals surface area contributed by atoms with Crippen LogP contribution in [0.3, 0.4) is 0 Å². The maximum atomic E-state index is 10.6. The Hall–Kier alpha value is -2.17. The van der Waals surface area contributed by atoms with E-state index in [0.29, 0.717) is 18.5 Å². The number of rotatable bonds is 3. The van der Waals surface area contributed by atoms with Gasteiger partial charge in [-0.05, 0) is 24.3 Å². The van der Waals surface area contributed by atoms with Crippen LogP contribution in [-0.4, -0.2) is 26.2 Å². The van der Waals surface area contributed by atoms with Crippen LogP contribution in [0.15, 0.2) is 24.3 Å². The van der Waals surface area contributed by atoms with Crippen LogP contribution in [0.2, 0.25) is 0 Å². The highest BCUT2D eigenvalue weighted by molar-refractivity contribution is 5.68. The number of benzene rings is 1. The van der Waals surface area contributed by atoms with Crippen molar-refractivity contribution >= 4 is 6.29 Å². The molecular weight excluding hydrogens is 206 g/mol. The van der Waals surface area contributed by atoms with Crippen molar-refractivity contribution in [1.82, 2.24) is 14.8 Å². The Labute approximate surface area is 92.4 Å². The smallest absolute Gasteiger partial charge is 0.214 e. The molecule has 0 saturated heterocycles. The van der Waals surface area contributed by atoms with E-state index < -0.39 is 0 Å². The van der Waals surface area contributed by atoms with Gasteiger partial charge < -0.3 is 5.11 Å². The Balaban J connectivity index is 2.49. The number of phenolic OH excluding ortho intramolecular Hbond substituents is 1. The van der Waals surface area contributed by atoms with Crippen LogP contribution >= 0.6 is 0 Å². The molecule has 5 nitrogen and oxygen atoms in total. The minimum absolute atomic E-state index is 0.171. The van der Waals surface area contributed by atoms with Gasteiger partial charge in [0.15, 0.2) is 6.29 Å². The number of carbonyl (C=O) groups is 1. The third-order valence-corrected chi connectivity index (χ3v) is 2.21. The van der Waals surface area contributed by atoms with Crippen molar-refractivity contribution in [2.45, 2.75) is 13.3 Å². The van der Waals surface area contributed by atoms with E-state index in [1.807, 2.05) is 6.92 Å². The predicted octanol–water partition coefficient (Wildman–Crippen LogP) is 1.35. The summed E-state index contributed by atoms with van der Waals surface area (Å²) in [5.74, 6) is 1.08. The molecule has 2 rings (SSSR count). The van der Waals surface area contributed by atoms with Gasteiger partial charge in [-0.2, -0.15) is 0 Å². The van der Waals surface area contributed by atoms with E-state index in [1.165, 1.54) is 0 Å². The molecule has 0 amide bonds. The predicted molar refractivity (Wildman–Crippen MR) is 57.8 cm³/mol. The highest BCUT2D eigenvalue weighted by Crippen LogP contribution is 2.14. The second-order valence-electron chi connectivity index (χ2n) is 3.29. The van der Waals surface area contributed by atoms with Crippen molar-refractivity contribution < 1.29 is 9.90 Å². The minimum Gasteiger partial charge on any atom is -0.508 e. The fourth-order valence-electron chi connectivity index (χ4n) is 1.44. The Morgan fingerprint density at radius 2 is 2.06 bits per heavy atom. The molecule has 0 unspecified atom stereocenters. The van der Waals surface area contributed by atoms with Gasteiger partial charge in [0.25, 0.3) is 0 Å². The Morgan fingerprint density at radius 3 is 2.62 bits per heavy atom. The number of aromatic hydroxyl groups is 1. The molecule has 82 valence electrons. The molecule has 0 saturated carbocycles. The third-order valence-electron chi connectivity index (χ3n) is 2.21. The molecule has 5 heteroatoms. The molecule has 0 radical (unpaired) electrons. The molecule has 1 aromatic heterocycles. The summed E-state index contributed by atoms with van der Waals surface area (Å²) in [6.07, 6.45) is 1.30. The number of carbonyl (C=O) groups excluding carboxylic acids is 1. The first-order valence-electron chi connectivity index (χ1n) is 4.95. The van der Waals surface area contributed by atoms with Gasteiger partial charge >= 0.3 is 0 Å². The molecule has 0 atom stereocenters. The summed E-state index contributed by atoms with van der Waals surface area (Å²) in [6.45, 7) is 1.94. The lowest BCUT2D eigenvalue weighted by molar-refractivity contribution is 0.111. The fourth-order valence-corrected chi connectivity index (χ4v) is 1.44. The zero-order valence-electron chi connectivity index (χ0n) is 8.79. The van der Waals surface area contributed by atoms with Gasteiger partial charge in [-0.25, -0.2) is 9.67 Å². The Bertz CT molecular complexity index is 502. The molecule has 1 heterocycles. The van der Waals surface area contributed by atoms with E-state index in [9.17, 15) is 9.90 Å². The van der Waals surface area contributed by atoms with Gasteiger partial charge in [-0.3, -0.25) is 4.79 Å². The normalized spacial score (nSPS) is 10.3. The molecule has 0 aliphatic carbocycles. The van der Waals surface area contributed by atoms with Gasteiger partial charge in [-0.15, -0.1) is 5.10 Å². The number of aromatic nitrogens is 3. The van der Waals surface area contributed by atoms with E-state index in [-0.39, 0.29) is 11.6 Å². The molecule has 0 aliphatic rings. The van der Waals surface area contributed by atoms with Crippen LogP contribution < -0.4 is 0 Å². The Morgan fingerprint density at radius 1 is 1.38 bits per heavy atom. The highest BCUT2D eigenvalue weighted by atomic mass is 16.3. The van der Waals surface area contributed by atoms with Gasteiger partial charge in [0.05, 0.1) is 5.69 Å². The SMILES string of the molecule is CCc1nc(C=O)nn1-c1ccc(O)cc1. The van der Waals surface area contributed by atoms with Crippen LogP contribution in [0.4, 0.5) is 0 Å². The van der Waals surface area contributed by atoms with E-state index >= 15 is 0 Å². The van der Waals surface area contributed by atoms with Crippen molar-refractivity contribution in [2.24, 2.45) is 0 Å². The molecule has 0 bridgehead atoms. The first-order valence-corrected chi connectivity index (χ1v) is 4.95. The standard InChI is InChI=1S/C11H11N3O2/c1-2-11-12-10(7-15)13-14(11)8-3-5-9(16)6-4-8/h3-7,16H,2H2,1H3. The second kappa shape index (κ2) is 4.14. The quantitative estimate of drug-likeness (QED) is 0.788. The molecule has 0 fully saturated rings. The molecule has 16 heavy (non-hydrogen) atoms. The first-order chi connectivity index (χ1) is 7.74. The largest absolute Gasteiger partial charge is 0.508 e. The summed E-state index contributed by atoms with van der Waals surface area (Å²) >= 11 is 0. The molecular formula is C11H11N3O2. The number of nitrogens with zero attached hydrogens (tertiary/aromatic N) is 3. The summed E-state index contributed by atoms with van der Waals surface area (Å²) in [5.41, 5.74) is 0.773. The van der Waals surface area contributed by atoms with Crippen molar-refractivity contribution in [3.63, 3.8) is 0 Å². The van der Waals surface area contributed by atoms with Crippen LogP contribution in [0, 0.1) is 0 Å². The van der Waals surface area contributed by atoms with Gasteiger partial charge in [0.2, 0.25) is 5.82 Å². The zero-order chi connectivity index (χ0) is 11.5. The summed E-state index contributed by atoms with van der Waals surface area (Å²) < 4.78 is 1.60. The van der Waals surface area contributed by atoms with Gasteiger partial charge in [-0.1, -0.05) is 6.92 Å². The molecule has 0 aliphatic heterocycles. The summed E-state index contributed by atoms with van der Waals surface area (Å²) in [4.78, 5) is 14.7. The highest BCUT2D eigenvalue weighted by Gasteiger charge is 2.08. The lowest BCUT2D eigenvalue weighted by Gasteiger charge is -2.03. The monoisotopic (exact) mass is 217 g/mol. The van der Waals surface area contributed by atoms with E-state index in [2.05, 4.69) is 10.1 Å². The third kappa shape index (κ3) is 1.79. The van der Waals surface area contributed by atoms with E-state index in [4.69, 9.17) is 0 Å². The number of hydrogen-bond acceptors (Lipinski definition) is 4. The zero-order valence-corrected chi connectivity index (χ0v) is 8.79. The van der Waals surface area contributed by atoms with Crippen LogP contribution in [-0.2, 0) is 6.42 Å². The van der Waals surface area contributed by atoms with Gasteiger partial charge in [0.1, 0.15) is 11.6 Å². The number of aryl methyl sites for hydroxylation is 1. The van der Waals surface area contributed by atoms with Crippen molar-refractivity contribution in [3.8, 4) is 11.4 Å². The average Bonchev–Trinajstić information content (AvgIpc) is 2.73. The summed E-state index contributed by atoms with van der Waals surface area (Å²) in [5, 5.41) is 13.2. The first kappa shape index (κ1) is 10.4. The molecule has 1 aromatic carbocycles. The number of hydrogen-bond donors (Lipinski definition) is 1.